The van der Waals surface area contributed by atoms with E-state index in [1.807, 2.05) is 12.1 Å². The van der Waals surface area contributed by atoms with Crippen LogP contribution in [-0.2, 0) is 18.5 Å². The van der Waals surface area contributed by atoms with Gasteiger partial charge in [0.15, 0.2) is 0 Å². The van der Waals surface area contributed by atoms with Gasteiger partial charge >= 0.3 is 0 Å². The molecule has 1 unspecified atom stereocenters. The standard InChI is InChI=1S/C22H20N2O5S/c1-21-16(25)10-22(29-21,8-9-28-30)18-17(21)19(26)24(20(18)27)15-7-6-12(11-23)13-4-2-3-5-14(13)15/h2-7,16-18,25,30H,8-10H2,1H3/t16-,17-,18+,21+,22?/m0/s1. The van der Waals surface area contributed by atoms with Gasteiger partial charge in [0.05, 0.1) is 47.5 Å². The number of carbonyl (C=O) groups excluding carboxylic acids is 2. The van der Waals surface area contributed by atoms with E-state index in [2.05, 4.69) is 19.0 Å². The van der Waals surface area contributed by atoms with Crippen LogP contribution in [0.1, 0.15) is 25.3 Å². The molecule has 2 amide bonds. The predicted molar refractivity (Wildman–Crippen MR) is 111 cm³/mol. The van der Waals surface area contributed by atoms with Crippen LogP contribution in [0.2, 0.25) is 0 Å². The number of nitriles is 1. The Balaban J connectivity index is 1.65. The summed E-state index contributed by atoms with van der Waals surface area (Å²) in [6, 6.07) is 12.6. The highest BCUT2D eigenvalue weighted by Gasteiger charge is 2.76. The normalized spacial score (nSPS) is 34.6. The highest BCUT2D eigenvalue weighted by Crippen LogP contribution is 2.62. The number of hydrogen-bond donors (Lipinski definition) is 2. The van der Waals surface area contributed by atoms with Crippen LogP contribution in [-0.4, -0.2) is 40.8 Å². The number of amides is 2. The molecule has 8 heteroatoms. The van der Waals surface area contributed by atoms with Gasteiger partial charge in [-0.25, -0.2) is 4.90 Å². The number of thiol groups is 1. The quantitative estimate of drug-likeness (QED) is 0.444. The molecule has 0 aromatic heterocycles. The van der Waals surface area contributed by atoms with E-state index in [9.17, 15) is 20.0 Å². The summed E-state index contributed by atoms with van der Waals surface area (Å²) >= 11 is 3.79. The number of aliphatic hydroxyl groups is 1. The fourth-order valence-electron chi connectivity index (χ4n) is 5.66. The minimum atomic E-state index is -1.13. The van der Waals surface area contributed by atoms with E-state index in [1.165, 1.54) is 4.90 Å². The zero-order valence-electron chi connectivity index (χ0n) is 16.2. The molecule has 3 aliphatic heterocycles. The zero-order chi connectivity index (χ0) is 21.3. The van der Waals surface area contributed by atoms with Gasteiger partial charge in [-0.05, 0) is 32.0 Å². The molecule has 3 aliphatic rings. The number of aliphatic hydroxyl groups excluding tert-OH is 1. The Hall–Kier alpha value is -2.44. The minimum absolute atomic E-state index is 0.233. The highest BCUT2D eigenvalue weighted by molar-refractivity contribution is 7.75. The number of ether oxygens (including phenoxy) is 1. The van der Waals surface area contributed by atoms with Crippen LogP contribution in [0, 0.1) is 23.2 Å². The van der Waals surface area contributed by atoms with Crippen molar-refractivity contribution >= 4 is 41.2 Å². The number of nitrogens with zero attached hydrogens (tertiary/aromatic N) is 2. The number of hydrogen-bond acceptors (Lipinski definition) is 7. The molecule has 5 rings (SSSR count). The first-order chi connectivity index (χ1) is 14.4. The Kier molecular flexibility index (Phi) is 4.25. The van der Waals surface area contributed by atoms with Gasteiger partial charge in [0, 0.05) is 23.6 Å². The Morgan fingerprint density at radius 1 is 1.23 bits per heavy atom. The third-order valence-electron chi connectivity index (χ3n) is 6.99. The second kappa shape index (κ2) is 6.53. The smallest absolute Gasteiger partial charge is 0.240 e. The number of benzene rings is 2. The molecule has 2 aromatic carbocycles. The lowest BCUT2D eigenvalue weighted by molar-refractivity contribution is -0.133. The second-order valence-corrected chi connectivity index (χ2v) is 8.67. The van der Waals surface area contributed by atoms with Crippen LogP contribution in [0.15, 0.2) is 36.4 Å². The number of carbonyl (C=O) groups is 2. The monoisotopic (exact) mass is 424 g/mol. The number of imide groups is 1. The molecule has 3 fully saturated rings. The molecular weight excluding hydrogens is 404 g/mol. The Labute approximate surface area is 178 Å². The maximum Gasteiger partial charge on any atom is 0.240 e. The maximum absolute atomic E-state index is 13.6. The van der Waals surface area contributed by atoms with E-state index in [0.29, 0.717) is 28.4 Å². The van der Waals surface area contributed by atoms with Gasteiger partial charge in [-0.15, -0.1) is 0 Å². The van der Waals surface area contributed by atoms with Crippen molar-refractivity contribution in [3.63, 3.8) is 0 Å². The van der Waals surface area contributed by atoms with Gasteiger partial charge in [-0.1, -0.05) is 24.3 Å². The second-order valence-electron chi connectivity index (χ2n) is 8.41. The highest BCUT2D eigenvalue weighted by atomic mass is 32.1. The molecule has 3 saturated heterocycles. The minimum Gasteiger partial charge on any atom is -0.390 e. The van der Waals surface area contributed by atoms with Gasteiger partial charge in [0.25, 0.3) is 0 Å². The van der Waals surface area contributed by atoms with Crippen LogP contribution in [0.25, 0.3) is 10.8 Å². The number of rotatable bonds is 4. The van der Waals surface area contributed by atoms with Crippen LogP contribution < -0.4 is 4.90 Å². The van der Waals surface area contributed by atoms with E-state index < -0.39 is 29.1 Å². The van der Waals surface area contributed by atoms with Gasteiger partial charge in [0.2, 0.25) is 11.8 Å². The molecule has 0 saturated carbocycles. The van der Waals surface area contributed by atoms with Gasteiger partial charge in [0.1, 0.15) is 5.60 Å². The lowest BCUT2D eigenvalue weighted by Crippen LogP contribution is -2.49. The number of anilines is 1. The lowest BCUT2D eigenvalue weighted by Gasteiger charge is -2.33. The van der Waals surface area contributed by atoms with Crippen LogP contribution in [0.5, 0.6) is 0 Å². The van der Waals surface area contributed by atoms with Crippen LogP contribution in [0.3, 0.4) is 0 Å². The largest absolute Gasteiger partial charge is 0.390 e. The third kappa shape index (κ3) is 2.32. The van der Waals surface area contributed by atoms with Crippen molar-refractivity contribution < 1.29 is 23.6 Å². The molecule has 0 aliphatic carbocycles. The maximum atomic E-state index is 13.6. The van der Waals surface area contributed by atoms with Crippen molar-refractivity contribution in [1.29, 1.82) is 5.26 Å². The summed E-state index contributed by atoms with van der Waals surface area (Å²) in [6.07, 6.45) is -0.235. The van der Waals surface area contributed by atoms with Crippen molar-refractivity contribution in [2.45, 2.75) is 37.1 Å². The molecule has 2 aromatic rings. The summed E-state index contributed by atoms with van der Waals surface area (Å²) in [5, 5.41) is 21.4. The molecule has 0 radical (unpaired) electrons. The predicted octanol–water partition coefficient (Wildman–Crippen LogP) is 2.36. The summed E-state index contributed by atoms with van der Waals surface area (Å²) in [4.78, 5) is 28.4. The van der Waals surface area contributed by atoms with Gasteiger partial charge in [-0.3, -0.25) is 9.59 Å². The topological polar surface area (TPSA) is 99.9 Å². The molecule has 3 heterocycles. The molecule has 0 spiro atoms. The molecule has 154 valence electrons. The van der Waals surface area contributed by atoms with E-state index in [1.54, 1.807) is 31.2 Å². The van der Waals surface area contributed by atoms with Crippen molar-refractivity contribution in [1.82, 2.24) is 0 Å². The van der Waals surface area contributed by atoms with E-state index in [0.717, 1.165) is 0 Å². The van der Waals surface area contributed by atoms with Gasteiger partial charge in [-0.2, -0.15) is 5.26 Å². The average Bonchev–Trinajstić information content (AvgIpc) is 3.28. The Bertz CT molecular complexity index is 1130. The van der Waals surface area contributed by atoms with Crippen molar-refractivity contribution in [3.8, 4) is 6.07 Å². The van der Waals surface area contributed by atoms with E-state index >= 15 is 0 Å². The summed E-state index contributed by atoms with van der Waals surface area (Å²) < 4.78 is 11.1. The molecular formula is C22H20N2O5S. The fourth-order valence-corrected chi connectivity index (χ4v) is 5.75. The first kappa shape index (κ1) is 19.5. The molecule has 2 bridgehead atoms. The van der Waals surface area contributed by atoms with Gasteiger partial charge < -0.3 is 14.0 Å². The number of fused-ring (bicyclic) bond motifs is 6. The fraction of sp³-hybridized carbons (Fsp3) is 0.409. The molecule has 30 heavy (non-hydrogen) atoms. The van der Waals surface area contributed by atoms with Crippen molar-refractivity contribution in [2.24, 2.45) is 11.8 Å². The van der Waals surface area contributed by atoms with E-state index in [4.69, 9.17) is 8.92 Å². The molecule has 5 atom stereocenters. The summed E-state index contributed by atoms with van der Waals surface area (Å²) in [5.74, 6) is -2.19. The first-order valence-electron chi connectivity index (χ1n) is 9.82. The Morgan fingerprint density at radius 2 is 1.93 bits per heavy atom. The third-order valence-corrected chi connectivity index (χ3v) is 7.18. The van der Waals surface area contributed by atoms with Crippen LogP contribution in [0.4, 0.5) is 5.69 Å². The van der Waals surface area contributed by atoms with Crippen molar-refractivity contribution in [3.05, 3.63) is 42.0 Å². The average molecular weight is 424 g/mol. The SMILES string of the molecule is C[C@@]12OC(CCOS)(C[C@@H]1O)[C@H]1C(=O)N(c3ccc(C#N)c4ccccc34)C(=O)[C@H]12. The summed E-state index contributed by atoms with van der Waals surface area (Å²) in [7, 11) is 0. The molecule has 1 N–H and O–H groups in total. The summed E-state index contributed by atoms with van der Waals surface area (Å²) in [6.45, 7) is 1.94. The van der Waals surface area contributed by atoms with Crippen LogP contribution >= 0.6 is 12.9 Å². The first-order valence-corrected chi connectivity index (χ1v) is 10.2. The van der Waals surface area contributed by atoms with Crippen molar-refractivity contribution in [2.75, 3.05) is 11.5 Å². The lowest BCUT2D eigenvalue weighted by atomic mass is 9.66. The Morgan fingerprint density at radius 3 is 2.63 bits per heavy atom. The summed E-state index contributed by atoms with van der Waals surface area (Å²) in [5.41, 5.74) is -1.18. The zero-order valence-corrected chi connectivity index (χ0v) is 17.1. The molecule has 7 nitrogen and oxygen atoms in total. The van der Waals surface area contributed by atoms with E-state index in [-0.39, 0.29) is 24.8 Å².